The smallest absolute Gasteiger partial charge is 0.162 e. The van der Waals surface area contributed by atoms with Gasteiger partial charge in [-0.2, -0.15) is 0 Å². The molecule has 3 aromatic heterocycles. The summed E-state index contributed by atoms with van der Waals surface area (Å²) in [6.45, 7) is -0.115. The molecule has 0 radical (unpaired) electrons. The lowest BCUT2D eigenvalue weighted by atomic mass is 10.2. The number of hydrogen-bond acceptors (Lipinski definition) is 7. The van der Waals surface area contributed by atoms with Crippen molar-refractivity contribution in [3.8, 4) is 11.4 Å². The Kier molecular flexibility index (Phi) is 4.17. The molecule has 3 rings (SSSR count). The largest absolute Gasteiger partial charge is 0.396 e. The summed E-state index contributed by atoms with van der Waals surface area (Å²) >= 11 is 0. The molecule has 3 heterocycles. The van der Waals surface area contributed by atoms with Crippen molar-refractivity contribution in [3.63, 3.8) is 0 Å². The summed E-state index contributed by atoms with van der Waals surface area (Å²) in [5.74, 6) is 1.02. The fourth-order valence-electron chi connectivity index (χ4n) is 2.07. The molecule has 1 atom stereocenters. The Morgan fingerprint density at radius 3 is 2.59 bits per heavy atom. The summed E-state index contributed by atoms with van der Waals surface area (Å²) in [5.41, 5.74) is 1.49. The molecule has 0 spiro atoms. The van der Waals surface area contributed by atoms with Gasteiger partial charge in [-0.25, -0.2) is 9.97 Å². The number of aromatic nitrogens is 4. The van der Waals surface area contributed by atoms with Crippen LogP contribution in [0.15, 0.2) is 43.0 Å². The highest BCUT2D eigenvalue weighted by molar-refractivity contribution is 5.89. The Bertz CT molecular complexity index is 766. The Morgan fingerprint density at radius 1 is 1.05 bits per heavy atom. The van der Waals surface area contributed by atoms with Crippen molar-refractivity contribution in [2.45, 2.75) is 12.6 Å². The molecule has 0 aromatic carbocycles. The molecule has 0 saturated heterocycles. The molecular formula is C15H15N5O2. The summed E-state index contributed by atoms with van der Waals surface area (Å²) in [6, 6.07) is 5.40. The lowest BCUT2D eigenvalue weighted by Gasteiger charge is -2.14. The van der Waals surface area contributed by atoms with E-state index in [1.165, 1.54) is 0 Å². The van der Waals surface area contributed by atoms with Crippen LogP contribution in [0, 0.1) is 0 Å². The monoisotopic (exact) mass is 297 g/mol. The van der Waals surface area contributed by atoms with Crippen molar-refractivity contribution >= 4 is 16.7 Å². The van der Waals surface area contributed by atoms with Crippen LogP contribution >= 0.6 is 0 Å². The Morgan fingerprint density at radius 2 is 1.82 bits per heavy atom. The van der Waals surface area contributed by atoms with Gasteiger partial charge in [0.25, 0.3) is 0 Å². The van der Waals surface area contributed by atoms with E-state index < -0.39 is 6.23 Å². The van der Waals surface area contributed by atoms with E-state index in [4.69, 9.17) is 5.11 Å². The highest BCUT2D eigenvalue weighted by Crippen LogP contribution is 2.24. The zero-order valence-electron chi connectivity index (χ0n) is 11.7. The van der Waals surface area contributed by atoms with Crippen LogP contribution in [-0.4, -0.2) is 43.0 Å². The fraction of sp³-hybridized carbons (Fsp3) is 0.200. The molecule has 3 aromatic rings. The third-order valence-electron chi connectivity index (χ3n) is 3.14. The summed E-state index contributed by atoms with van der Waals surface area (Å²) in [7, 11) is 0. The fourth-order valence-corrected chi connectivity index (χ4v) is 2.07. The van der Waals surface area contributed by atoms with Crippen molar-refractivity contribution in [1.82, 2.24) is 19.9 Å². The number of pyridine rings is 2. The lowest BCUT2D eigenvalue weighted by Crippen LogP contribution is -2.21. The third-order valence-corrected chi connectivity index (χ3v) is 3.14. The molecule has 0 amide bonds. The maximum atomic E-state index is 9.87. The van der Waals surface area contributed by atoms with E-state index in [-0.39, 0.29) is 13.0 Å². The Labute approximate surface area is 126 Å². The van der Waals surface area contributed by atoms with Crippen LogP contribution in [0.1, 0.15) is 6.42 Å². The quantitative estimate of drug-likeness (QED) is 0.608. The van der Waals surface area contributed by atoms with Gasteiger partial charge in [0.1, 0.15) is 12.0 Å². The highest BCUT2D eigenvalue weighted by Gasteiger charge is 2.12. The Hall–Kier alpha value is -2.64. The molecule has 7 nitrogen and oxygen atoms in total. The van der Waals surface area contributed by atoms with Crippen molar-refractivity contribution in [2.24, 2.45) is 0 Å². The van der Waals surface area contributed by atoms with Gasteiger partial charge < -0.3 is 15.5 Å². The average molecular weight is 297 g/mol. The van der Waals surface area contributed by atoms with Gasteiger partial charge in [0.05, 0.1) is 11.7 Å². The topological polar surface area (TPSA) is 104 Å². The van der Waals surface area contributed by atoms with Gasteiger partial charge in [-0.05, 0) is 18.2 Å². The minimum absolute atomic E-state index is 0.115. The number of fused-ring (bicyclic) bond motifs is 1. The van der Waals surface area contributed by atoms with Gasteiger partial charge in [-0.1, -0.05) is 0 Å². The molecule has 22 heavy (non-hydrogen) atoms. The van der Waals surface area contributed by atoms with E-state index in [1.54, 1.807) is 30.9 Å². The molecule has 0 aliphatic rings. The predicted molar refractivity (Wildman–Crippen MR) is 81.9 cm³/mol. The van der Waals surface area contributed by atoms with E-state index in [9.17, 15) is 5.11 Å². The molecule has 0 fully saturated rings. The minimum atomic E-state index is -0.887. The van der Waals surface area contributed by atoms with E-state index in [2.05, 4.69) is 25.3 Å². The summed E-state index contributed by atoms with van der Waals surface area (Å²) in [5, 5.41) is 22.4. The van der Waals surface area contributed by atoms with E-state index in [0.717, 1.165) is 10.9 Å². The highest BCUT2D eigenvalue weighted by atomic mass is 16.3. The lowest BCUT2D eigenvalue weighted by molar-refractivity contribution is 0.155. The van der Waals surface area contributed by atoms with Crippen molar-refractivity contribution in [2.75, 3.05) is 11.9 Å². The van der Waals surface area contributed by atoms with Gasteiger partial charge in [-0.15, -0.1) is 0 Å². The standard InChI is InChI=1S/C15H15N5O2/c21-8-4-13(22)19-15-11-3-7-17-9-12(11)18-14(20-15)10-1-5-16-6-2-10/h1-3,5-7,9,13,21-22H,4,8H2,(H,18,19,20). The second kappa shape index (κ2) is 6.42. The van der Waals surface area contributed by atoms with Crippen LogP contribution in [0.2, 0.25) is 0 Å². The minimum Gasteiger partial charge on any atom is -0.396 e. The summed E-state index contributed by atoms with van der Waals surface area (Å²) in [6.07, 6.45) is 5.94. The molecule has 3 N–H and O–H groups in total. The number of hydrogen-bond donors (Lipinski definition) is 3. The number of nitrogens with zero attached hydrogens (tertiary/aromatic N) is 4. The van der Waals surface area contributed by atoms with Crippen LogP contribution in [0.4, 0.5) is 5.82 Å². The summed E-state index contributed by atoms with van der Waals surface area (Å²) in [4.78, 5) is 17.0. The second-order valence-corrected chi connectivity index (χ2v) is 4.70. The summed E-state index contributed by atoms with van der Waals surface area (Å²) < 4.78 is 0. The molecule has 112 valence electrons. The maximum absolute atomic E-state index is 9.87. The first-order chi connectivity index (χ1) is 10.8. The van der Waals surface area contributed by atoms with Crippen LogP contribution < -0.4 is 5.32 Å². The van der Waals surface area contributed by atoms with Gasteiger partial charge in [0.15, 0.2) is 5.82 Å². The van der Waals surface area contributed by atoms with Crippen LogP contribution in [-0.2, 0) is 0 Å². The molecule has 0 bridgehead atoms. The molecule has 0 saturated carbocycles. The van der Waals surface area contributed by atoms with E-state index in [1.807, 2.05) is 12.1 Å². The number of nitrogens with one attached hydrogen (secondary N) is 1. The van der Waals surface area contributed by atoms with Crippen LogP contribution in [0.5, 0.6) is 0 Å². The first kappa shape index (κ1) is 14.3. The molecule has 0 aliphatic heterocycles. The van der Waals surface area contributed by atoms with E-state index in [0.29, 0.717) is 17.2 Å². The van der Waals surface area contributed by atoms with Gasteiger partial charge in [0.2, 0.25) is 0 Å². The van der Waals surface area contributed by atoms with Crippen LogP contribution in [0.3, 0.4) is 0 Å². The predicted octanol–water partition coefficient (Wildman–Crippen LogP) is 1.20. The molecule has 1 unspecified atom stereocenters. The zero-order valence-corrected chi connectivity index (χ0v) is 11.7. The molecular weight excluding hydrogens is 282 g/mol. The van der Waals surface area contributed by atoms with Crippen LogP contribution in [0.25, 0.3) is 22.3 Å². The van der Waals surface area contributed by atoms with Gasteiger partial charge in [0, 0.05) is 42.6 Å². The number of aliphatic hydroxyl groups excluding tert-OH is 2. The van der Waals surface area contributed by atoms with Gasteiger partial charge >= 0.3 is 0 Å². The normalized spacial score (nSPS) is 12.3. The maximum Gasteiger partial charge on any atom is 0.162 e. The zero-order chi connectivity index (χ0) is 15.4. The number of anilines is 1. The number of rotatable bonds is 5. The molecule has 0 aliphatic carbocycles. The second-order valence-electron chi connectivity index (χ2n) is 4.70. The first-order valence-corrected chi connectivity index (χ1v) is 6.85. The van der Waals surface area contributed by atoms with Crippen molar-refractivity contribution in [3.05, 3.63) is 43.0 Å². The molecule has 7 heteroatoms. The Balaban J connectivity index is 2.08. The van der Waals surface area contributed by atoms with Crippen molar-refractivity contribution < 1.29 is 10.2 Å². The van der Waals surface area contributed by atoms with E-state index >= 15 is 0 Å². The first-order valence-electron chi connectivity index (χ1n) is 6.85. The number of aliphatic hydroxyl groups is 2. The van der Waals surface area contributed by atoms with Crippen molar-refractivity contribution in [1.29, 1.82) is 0 Å². The average Bonchev–Trinajstić information content (AvgIpc) is 2.56. The third kappa shape index (κ3) is 3.00. The SMILES string of the molecule is OCCC(O)Nc1nc(-c2ccncc2)nc2cnccc12. The van der Waals surface area contributed by atoms with Gasteiger partial charge in [-0.3, -0.25) is 9.97 Å².